The maximum absolute atomic E-state index is 15.1. The molecule has 2 heterocycles. The van der Waals surface area contributed by atoms with Gasteiger partial charge < -0.3 is 19.5 Å². The zero-order valence-electron chi connectivity index (χ0n) is 20.2. The minimum Gasteiger partial charge on any atom is -0.443 e. The lowest BCUT2D eigenvalue weighted by molar-refractivity contribution is -0.119. The van der Waals surface area contributed by atoms with Crippen LogP contribution in [0.3, 0.4) is 0 Å². The minimum absolute atomic E-state index is 0.0244. The summed E-state index contributed by atoms with van der Waals surface area (Å²) in [5, 5.41) is 4.57. The number of ether oxygens (including phenoxy) is 1. The lowest BCUT2D eigenvalue weighted by Crippen LogP contribution is -2.37. The number of amides is 2. The molecular weight excluding hydrogens is 503 g/mol. The van der Waals surface area contributed by atoms with Gasteiger partial charge in [0.2, 0.25) is 5.91 Å². The lowest BCUT2D eigenvalue weighted by atomic mass is 10.1. The van der Waals surface area contributed by atoms with Crippen LogP contribution in [0.5, 0.6) is 5.75 Å². The van der Waals surface area contributed by atoms with E-state index >= 15 is 8.78 Å². The first-order chi connectivity index (χ1) is 17.7. The summed E-state index contributed by atoms with van der Waals surface area (Å²) in [6.45, 7) is 1.81. The number of hydrogen-bond acceptors (Lipinski definition) is 6. The number of cyclic esters (lactones) is 1. The van der Waals surface area contributed by atoms with E-state index in [0.717, 1.165) is 27.8 Å². The number of halogens is 2. The Morgan fingerprint density at radius 3 is 2.43 bits per heavy atom. The van der Waals surface area contributed by atoms with Crippen molar-refractivity contribution >= 4 is 41.5 Å². The molecule has 3 aromatic carbocycles. The van der Waals surface area contributed by atoms with Crippen LogP contribution in [-0.2, 0) is 14.1 Å². The SMILES string of the molecule is CC(=O)NC[C@H]1CN(c2cc(F)c(N3CCP(=O)(Oc4ccc5ccccc5c4)CC3)c(F)c2)C(=O)O1. The number of carbonyl (C=O) groups is 2. The Labute approximate surface area is 212 Å². The molecule has 0 aromatic heterocycles. The van der Waals surface area contributed by atoms with Gasteiger partial charge in [-0.05, 0) is 22.9 Å². The van der Waals surface area contributed by atoms with Gasteiger partial charge in [-0.25, -0.2) is 13.6 Å². The molecule has 37 heavy (non-hydrogen) atoms. The summed E-state index contributed by atoms with van der Waals surface area (Å²) in [7, 11) is -3.04. The Kier molecular flexibility index (Phi) is 6.77. The fraction of sp³-hybridized carbons (Fsp3) is 0.308. The van der Waals surface area contributed by atoms with E-state index in [-0.39, 0.29) is 55.8 Å². The first-order valence-corrected chi connectivity index (χ1v) is 13.9. The molecule has 194 valence electrons. The van der Waals surface area contributed by atoms with Crippen LogP contribution >= 0.6 is 7.37 Å². The zero-order chi connectivity index (χ0) is 26.2. The summed E-state index contributed by atoms with van der Waals surface area (Å²) in [6.07, 6.45) is -1.08. The van der Waals surface area contributed by atoms with Crippen LogP contribution in [0, 0.1) is 11.6 Å². The summed E-state index contributed by atoms with van der Waals surface area (Å²) in [5.74, 6) is -1.43. The fourth-order valence-electron chi connectivity index (χ4n) is 4.61. The van der Waals surface area contributed by atoms with Gasteiger partial charge in [0.1, 0.15) is 17.5 Å². The molecule has 0 bridgehead atoms. The Hall–Kier alpha value is -3.65. The number of anilines is 2. The number of rotatable bonds is 6. The van der Waals surface area contributed by atoms with Crippen molar-refractivity contribution in [1.29, 1.82) is 0 Å². The number of nitrogens with one attached hydrogen (secondary N) is 1. The Bertz CT molecular complexity index is 1380. The fourth-order valence-corrected chi connectivity index (χ4v) is 6.60. The number of fused-ring (bicyclic) bond motifs is 1. The van der Waals surface area contributed by atoms with Crippen molar-refractivity contribution in [3.8, 4) is 5.75 Å². The second-order valence-corrected chi connectivity index (χ2v) is 11.9. The third-order valence-electron chi connectivity index (χ3n) is 6.50. The van der Waals surface area contributed by atoms with Gasteiger partial charge in [0.05, 0.1) is 31.1 Å². The smallest absolute Gasteiger partial charge is 0.414 e. The number of benzene rings is 3. The van der Waals surface area contributed by atoms with Crippen LogP contribution in [0.2, 0.25) is 0 Å². The van der Waals surface area contributed by atoms with Crippen LogP contribution in [0.15, 0.2) is 54.6 Å². The Balaban J connectivity index is 1.25. The zero-order valence-corrected chi connectivity index (χ0v) is 21.0. The highest BCUT2D eigenvalue weighted by atomic mass is 31.2. The van der Waals surface area contributed by atoms with Crippen LogP contribution in [0.4, 0.5) is 25.0 Å². The number of nitrogens with zero attached hydrogens (tertiary/aromatic N) is 2. The minimum atomic E-state index is -3.04. The Morgan fingerprint density at radius 1 is 1.08 bits per heavy atom. The highest BCUT2D eigenvalue weighted by Crippen LogP contribution is 2.50. The predicted octanol–water partition coefficient (Wildman–Crippen LogP) is 4.76. The van der Waals surface area contributed by atoms with E-state index in [0.29, 0.717) is 5.75 Å². The number of carbonyl (C=O) groups excluding carboxylic acids is 2. The molecule has 3 aromatic rings. The molecule has 11 heteroatoms. The predicted molar refractivity (Wildman–Crippen MR) is 137 cm³/mol. The average molecular weight is 529 g/mol. The molecule has 5 rings (SSSR count). The maximum atomic E-state index is 15.1. The monoisotopic (exact) mass is 529 g/mol. The highest BCUT2D eigenvalue weighted by Gasteiger charge is 2.36. The molecule has 2 aliphatic rings. The molecule has 2 saturated heterocycles. The van der Waals surface area contributed by atoms with E-state index in [1.807, 2.05) is 36.4 Å². The van der Waals surface area contributed by atoms with Crippen molar-refractivity contribution < 1.29 is 32.2 Å². The van der Waals surface area contributed by atoms with Crippen LogP contribution < -0.4 is 19.6 Å². The van der Waals surface area contributed by atoms with Gasteiger partial charge in [-0.1, -0.05) is 30.3 Å². The van der Waals surface area contributed by atoms with Gasteiger partial charge >= 0.3 is 6.09 Å². The van der Waals surface area contributed by atoms with E-state index < -0.39 is 31.2 Å². The van der Waals surface area contributed by atoms with E-state index in [4.69, 9.17) is 9.26 Å². The molecule has 2 aliphatic heterocycles. The molecule has 2 fully saturated rings. The van der Waals surface area contributed by atoms with Crippen molar-refractivity contribution in [2.75, 3.05) is 48.3 Å². The van der Waals surface area contributed by atoms with E-state index in [9.17, 15) is 14.2 Å². The summed E-state index contributed by atoms with van der Waals surface area (Å²) in [6, 6.07) is 15.5. The lowest BCUT2D eigenvalue weighted by Gasteiger charge is -2.34. The molecular formula is C26H26F2N3O5P. The molecule has 8 nitrogen and oxygen atoms in total. The molecule has 0 aliphatic carbocycles. The summed E-state index contributed by atoms with van der Waals surface area (Å²) in [5.41, 5.74) is -0.209. The highest BCUT2D eigenvalue weighted by molar-refractivity contribution is 7.59. The normalized spacial score (nSPS) is 19.1. The van der Waals surface area contributed by atoms with E-state index in [1.165, 1.54) is 11.8 Å². The molecule has 1 N–H and O–H groups in total. The largest absolute Gasteiger partial charge is 0.443 e. The third-order valence-corrected chi connectivity index (χ3v) is 8.80. The topological polar surface area (TPSA) is 88.2 Å². The van der Waals surface area contributed by atoms with E-state index in [2.05, 4.69) is 5.32 Å². The molecule has 0 spiro atoms. The maximum Gasteiger partial charge on any atom is 0.414 e. The average Bonchev–Trinajstić information content (AvgIpc) is 3.24. The van der Waals surface area contributed by atoms with Crippen LogP contribution in [0.1, 0.15) is 6.92 Å². The standard InChI is InChI=1S/C26H26F2N3O5P/c1-17(32)29-15-22-16-31(26(33)35-22)20-13-23(27)25(24(28)14-20)30-8-10-37(34,11-9-30)36-21-7-6-18-4-2-3-5-19(18)12-21/h2-7,12-14,22H,8-11,15-16H2,1H3,(H,29,32)/t22-/m0/s1. The molecule has 0 unspecified atom stereocenters. The number of hydrogen-bond donors (Lipinski definition) is 1. The summed E-state index contributed by atoms with van der Waals surface area (Å²) >= 11 is 0. The third kappa shape index (κ3) is 5.39. The van der Waals surface area contributed by atoms with Crippen molar-refractivity contribution in [2.24, 2.45) is 0 Å². The first kappa shape index (κ1) is 25.0. The van der Waals surface area contributed by atoms with E-state index in [1.54, 1.807) is 6.07 Å². The van der Waals surface area contributed by atoms with Gasteiger partial charge in [-0.3, -0.25) is 14.3 Å². The summed E-state index contributed by atoms with van der Waals surface area (Å²) < 4.78 is 54.6. The van der Waals surface area contributed by atoms with Gasteiger partial charge in [0, 0.05) is 32.1 Å². The first-order valence-electron chi connectivity index (χ1n) is 11.9. The van der Waals surface area contributed by atoms with Crippen molar-refractivity contribution in [3.05, 3.63) is 66.2 Å². The molecule has 2 amide bonds. The van der Waals surface area contributed by atoms with Gasteiger partial charge in [0.25, 0.3) is 7.37 Å². The quantitative estimate of drug-likeness (QED) is 0.464. The molecule has 1 atom stereocenters. The van der Waals surface area contributed by atoms with Crippen molar-refractivity contribution in [3.63, 3.8) is 0 Å². The van der Waals surface area contributed by atoms with Gasteiger partial charge in [0.15, 0.2) is 11.6 Å². The second-order valence-electron chi connectivity index (χ2n) is 9.16. The summed E-state index contributed by atoms with van der Waals surface area (Å²) in [4.78, 5) is 26.0. The van der Waals surface area contributed by atoms with Crippen molar-refractivity contribution in [2.45, 2.75) is 13.0 Å². The van der Waals surface area contributed by atoms with Gasteiger partial charge in [-0.2, -0.15) is 0 Å². The molecule has 0 radical (unpaired) electrons. The van der Waals surface area contributed by atoms with Crippen LogP contribution in [-0.4, -0.2) is 56.6 Å². The van der Waals surface area contributed by atoms with Crippen LogP contribution in [0.25, 0.3) is 10.8 Å². The second kappa shape index (κ2) is 10.0. The van der Waals surface area contributed by atoms with Crippen molar-refractivity contribution in [1.82, 2.24) is 5.32 Å². The Morgan fingerprint density at radius 2 is 1.76 bits per heavy atom. The molecule has 0 saturated carbocycles. The van der Waals surface area contributed by atoms with Gasteiger partial charge in [-0.15, -0.1) is 0 Å².